The summed E-state index contributed by atoms with van der Waals surface area (Å²) in [5.41, 5.74) is 2.71. The fraction of sp³-hybridized carbons (Fsp3) is 0.250. The quantitative estimate of drug-likeness (QED) is 0.726. The van der Waals surface area contributed by atoms with Crippen LogP contribution in [0.4, 0.5) is 0 Å². The average Bonchev–Trinajstić information content (AvgIpc) is 2.46. The molecule has 18 heavy (non-hydrogen) atoms. The monoisotopic (exact) mass is 276 g/mol. The van der Waals surface area contributed by atoms with Crippen molar-refractivity contribution in [2.75, 3.05) is 0 Å². The predicted molar refractivity (Wildman–Crippen MR) is 83.7 cm³/mol. The van der Waals surface area contributed by atoms with Gasteiger partial charge in [-0.3, -0.25) is 0 Å². The molecule has 0 saturated heterocycles. The molecular weight excluding hydrogens is 259 g/mol. The zero-order chi connectivity index (χ0) is 13.0. The van der Waals surface area contributed by atoms with Gasteiger partial charge in [0.25, 0.3) is 0 Å². The number of halogens is 1. The van der Waals surface area contributed by atoms with Crippen LogP contribution in [0.3, 0.4) is 0 Å². The van der Waals surface area contributed by atoms with Gasteiger partial charge < -0.3 is 0 Å². The van der Waals surface area contributed by atoms with Crippen LogP contribution in [0.25, 0.3) is 0 Å². The Kier molecular flexibility index (Phi) is 4.80. The van der Waals surface area contributed by atoms with E-state index >= 15 is 0 Å². The van der Waals surface area contributed by atoms with E-state index < -0.39 is 7.27 Å². The molecular formula is C16H18ClP. The molecule has 0 nitrogen and oxygen atoms in total. The molecule has 0 atom stereocenters. The Balaban J connectivity index is 2.31. The predicted octanol–water partition coefficient (Wildman–Crippen LogP) is 4.40. The van der Waals surface area contributed by atoms with Gasteiger partial charge in [0.15, 0.2) is 0 Å². The lowest BCUT2D eigenvalue weighted by molar-refractivity contribution is 1.14. The smallest absolute Gasteiger partial charge is 0.0524 e. The molecule has 0 bridgehead atoms. The number of hydrogen-bond acceptors (Lipinski definition) is 0. The fourth-order valence-electron chi connectivity index (χ4n) is 1.95. The van der Waals surface area contributed by atoms with Crippen LogP contribution in [0.5, 0.6) is 0 Å². The van der Waals surface area contributed by atoms with Gasteiger partial charge in [-0.1, -0.05) is 61.5 Å². The highest BCUT2D eigenvalue weighted by atomic mass is 35.7. The Morgan fingerprint density at radius 2 is 1.28 bits per heavy atom. The molecule has 0 unspecified atom stereocenters. The van der Waals surface area contributed by atoms with E-state index in [1.807, 2.05) is 0 Å². The minimum absolute atomic E-state index is 0.742. The van der Waals surface area contributed by atoms with Gasteiger partial charge in [-0.2, -0.15) is 0 Å². The van der Waals surface area contributed by atoms with Gasteiger partial charge in [0, 0.05) is 0 Å². The van der Waals surface area contributed by atoms with Crippen molar-refractivity contribution in [3.8, 4) is 0 Å². The van der Waals surface area contributed by atoms with Crippen LogP contribution in [0.15, 0.2) is 48.5 Å². The molecule has 94 valence electrons. The molecule has 0 N–H and O–H groups in total. The third-order valence-corrected chi connectivity index (χ3v) is 5.73. The van der Waals surface area contributed by atoms with Gasteiger partial charge in [0.2, 0.25) is 0 Å². The van der Waals surface area contributed by atoms with Gasteiger partial charge in [-0.05, 0) is 46.7 Å². The maximum absolute atomic E-state index is 6.65. The molecule has 0 aliphatic heterocycles. The zero-order valence-electron chi connectivity index (χ0n) is 10.9. The van der Waals surface area contributed by atoms with Crippen molar-refractivity contribution in [3.05, 3.63) is 59.7 Å². The van der Waals surface area contributed by atoms with E-state index in [1.54, 1.807) is 0 Å². The summed E-state index contributed by atoms with van der Waals surface area (Å²) in [5.74, 6) is 0. The maximum atomic E-state index is 6.65. The van der Waals surface area contributed by atoms with E-state index in [1.165, 1.54) is 21.7 Å². The molecule has 0 heterocycles. The zero-order valence-corrected chi connectivity index (χ0v) is 12.5. The largest absolute Gasteiger partial charge is 0.0859 e. The van der Waals surface area contributed by atoms with E-state index in [2.05, 4.69) is 62.4 Å². The van der Waals surface area contributed by atoms with Crippen molar-refractivity contribution >= 4 is 29.1 Å². The minimum Gasteiger partial charge on any atom is -0.0859 e. The molecule has 2 heteroatoms. The second-order valence-electron chi connectivity index (χ2n) is 4.33. The lowest BCUT2D eigenvalue weighted by atomic mass is 10.2. The van der Waals surface area contributed by atoms with E-state index in [0.717, 1.165) is 12.8 Å². The van der Waals surface area contributed by atoms with E-state index in [9.17, 15) is 0 Å². The van der Waals surface area contributed by atoms with Crippen molar-refractivity contribution in [2.24, 2.45) is 0 Å². The molecule has 0 aliphatic carbocycles. The number of aryl methyl sites for hydroxylation is 2. The van der Waals surface area contributed by atoms with Crippen LogP contribution in [0.2, 0.25) is 0 Å². The first kappa shape index (κ1) is 13.6. The number of hydrogen-bond donors (Lipinski definition) is 0. The van der Waals surface area contributed by atoms with Crippen LogP contribution in [0, 0.1) is 0 Å². The Morgan fingerprint density at radius 1 is 0.833 bits per heavy atom. The van der Waals surface area contributed by atoms with Crippen LogP contribution >= 0.6 is 18.5 Å². The summed E-state index contributed by atoms with van der Waals surface area (Å²) < 4.78 is 0. The van der Waals surface area contributed by atoms with E-state index in [-0.39, 0.29) is 0 Å². The standard InChI is InChI=1S/C16H18ClP/c1-3-13-7-5-9-15(11-13)18(17)16-10-6-8-14(4-2)12-16/h5-12H,3-4H2,1-2H3. The molecule has 2 aromatic carbocycles. The Bertz CT molecular complexity index is 475. The first-order valence-corrected chi connectivity index (χ1v) is 8.63. The first-order valence-electron chi connectivity index (χ1n) is 6.38. The van der Waals surface area contributed by atoms with Crippen molar-refractivity contribution in [1.82, 2.24) is 0 Å². The summed E-state index contributed by atoms with van der Waals surface area (Å²) in [6.45, 7) is 4.35. The normalized spacial score (nSPS) is 10.9. The number of rotatable bonds is 4. The van der Waals surface area contributed by atoms with Crippen LogP contribution in [-0.2, 0) is 12.8 Å². The summed E-state index contributed by atoms with van der Waals surface area (Å²) in [6, 6.07) is 17.3. The van der Waals surface area contributed by atoms with Crippen LogP contribution < -0.4 is 10.6 Å². The van der Waals surface area contributed by atoms with Gasteiger partial charge in [-0.25, -0.2) is 0 Å². The molecule has 0 aromatic heterocycles. The second-order valence-corrected chi connectivity index (χ2v) is 6.94. The van der Waals surface area contributed by atoms with Crippen molar-refractivity contribution in [2.45, 2.75) is 26.7 Å². The highest BCUT2D eigenvalue weighted by molar-refractivity contribution is 7.95. The summed E-state index contributed by atoms with van der Waals surface area (Å²) in [6.07, 6.45) is 2.12. The molecule has 2 rings (SSSR count). The first-order chi connectivity index (χ1) is 8.74. The minimum atomic E-state index is -0.742. The average molecular weight is 277 g/mol. The SMILES string of the molecule is CCc1cccc(P(Cl)c2cccc(CC)c2)c1. The molecule has 0 aliphatic rings. The maximum Gasteiger partial charge on any atom is 0.0524 e. The van der Waals surface area contributed by atoms with Gasteiger partial charge in [0.05, 0.1) is 7.27 Å². The second kappa shape index (κ2) is 6.36. The molecule has 0 fully saturated rings. The molecule has 0 amide bonds. The highest BCUT2D eigenvalue weighted by Gasteiger charge is 2.11. The third kappa shape index (κ3) is 3.13. The number of benzene rings is 2. The van der Waals surface area contributed by atoms with Crippen molar-refractivity contribution in [1.29, 1.82) is 0 Å². The molecule has 0 radical (unpaired) electrons. The Labute approximate surface area is 116 Å². The third-order valence-electron chi connectivity index (χ3n) is 3.09. The Morgan fingerprint density at radius 3 is 1.67 bits per heavy atom. The summed E-state index contributed by atoms with van der Waals surface area (Å²) in [7, 11) is -0.742. The Hall–Kier alpha value is -0.840. The lowest BCUT2D eigenvalue weighted by Crippen LogP contribution is -2.09. The molecule has 0 saturated carbocycles. The van der Waals surface area contributed by atoms with Gasteiger partial charge >= 0.3 is 0 Å². The van der Waals surface area contributed by atoms with E-state index in [4.69, 9.17) is 11.2 Å². The van der Waals surface area contributed by atoms with Crippen molar-refractivity contribution < 1.29 is 0 Å². The van der Waals surface area contributed by atoms with Gasteiger partial charge in [-0.15, -0.1) is 0 Å². The highest BCUT2D eigenvalue weighted by Crippen LogP contribution is 2.39. The van der Waals surface area contributed by atoms with Crippen LogP contribution in [-0.4, -0.2) is 0 Å². The molecule has 0 spiro atoms. The summed E-state index contributed by atoms with van der Waals surface area (Å²) >= 11 is 6.65. The van der Waals surface area contributed by atoms with Gasteiger partial charge in [0.1, 0.15) is 0 Å². The van der Waals surface area contributed by atoms with Crippen molar-refractivity contribution in [3.63, 3.8) is 0 Å². The summed E-state index contributed by atoms with van der Waals surface area (Å²) in [4.78, 5) is 0. The van der Waals surface area contributed by atoms with E-state index in [0.29, 0.717) is 0 Å². The summed E-state index contributed by atoms with van der Waals surface area (Å²) in [5, 5.41) is 2.50. The fourth-order valence-corrected chi connectivity index (χ4v) is 3.87. The van der Waals surface area contributed by atoms with Crippen LogP contribution in [0.1, 0.15) is 25.0 Å². The lowest BCUT2D eigenvalue weighted by Gasteiger charge is -2.12. The topological polar surface area (TPSA) is 0 Å². The molecule has 2 aromatic rings.